The van der Waals surface area contributed by atoms with Gasteiger partial charge in [-0.05, 0) is 35.2 Å². The molecule has 3 N–H and O–H groups in total. The third kappa shape index (κ3) is 2.26. The van der Waals surface area contributed by atoms with Gasteiger partial charge in [-0.15, -0.1) is 0 Å². The van der Waals surface area contributed by atoms with Gasteiger partial charge >= 0.3 is 5.97 Å². The van der Waals surface area contributed by atoms with Crippen LogP contribution in [0.2, 0.25) is 0 Å². The minimum Gasteiger partial charge on any atom is -0.506 e. The number of phenols is 1. The van der Waals surface area contributed by atoms with Crippen molar-refractivity contribution in [1.29, 1.82) is 0 Å². The molecule has 4 nitrogen and oxygen atoms in total. The van der Waals surface area contributed by atoms with Crippen molar-refractivity contribution in [3.05, 3.63) is 78.1 Å². The molecule has 136 valence electrons. The first kappa shape index (κ1) is 16.3. The molecule has 0 saturated carbocycles. The molecule has 0 bridgehead atoms. The molecule has 0 unspecified atom stereocenters. The Hall–Kier alpha value is -3.86. The molecule has 0 atom stereocenters. The van der Waals surface area contributed by atoms with Gasteiger partial charge in [0, 0.05) is 27.2 Å². The van der Waals surface area contributed by atoms with Crippen molar-refractivity contribution >= 4 is 38.5 Å². The Morgan fingerprint density at radius 1 is 0.929 bits per heavy atom. The quantitative estimate of drug-likeness (QED) is 0.373. The highest BCUT2D eigenvalue weighted by molar-refractivity contribution is 6.22. The van der Waals surface area contributed by atoms with Gasteiger partial charge in [0.1, 0.15) is 17.1 Å². The van der Waals surface area contributed by atoms with Gasteiger partial charge < -0.3 is 15.2 Å². The van der Waals surface area contributed by atoms with Gasteiger partial charge in [-0.2, -0.15) is 0 Å². The lowest BCUT2D eigenvalue weighted by Gasteiger charge is -2.13. The number of carbonyl (C=O) groups is 1. The summed E-state index contributed by atoms with van der Waals surface area (Å²) >= 11 is 0. The van der Waals surface area contributed by atoms with Crippen LogP contribution in [0.4, 0.5) is 4.39 Å². The number of nitrogens with one attached hydrogen (secondary N) is 1. The molecule has 0 aliphatic carbocycles. The molecule has 4 aromatic carbocycles. The monoisotopic (exact) mass is 371 g/mol. The highest BCUT2D eigenvalue weighted by Gasteiger charge is 2.21. The summed E-state index contributed by atoms with van der Waals surface area (Å²) in [4.78, 5) is 15.0. The average Bonchev–Trinajstić information content (AvgIpc) is 3.06. The van der Waals surface area contributed by atoms with Crippen LogP contribution in [0, 0.1) is 5.82 Å². The van der Waals surface area contributed by atoms with E-state index < -0.39 is 5.97 Å². The van der Waals surface area contributed by atoms with Crippen LogP contribution in [0.1, 0.15) is 10.4 Å². The van der Waals surface area contributed by atoms with E-state index in [0.717, 1.165) is 21.8 Å². The van der Waals surface area contributed by atoms with Crippen LogP contribution in [0.25, 0.3) is 43.7 Å². The normalized spacial score (nSPS) is 11.5. The van der Waals surface area contributed by atoms with E-state index in [1.165, 1.54) is 18.2 Å². The number of aromatic amines is 1. The molecule has 0 saturated heterocycles. The van der Waals surface area contributed by atoms with Gasteiger partial charge in [-0.3, -0.25) is 0 Å². The number of carboxylic acid groups (broad SMARTS) is 1. The van der Waals surface area contributed by atoms with Crippen molar-refractivity contribution < 1.29 is 19.4 Å². The zero-order valence-corrected chi connectivity index (χ0v) is 14.5. The lowest BCUT2D eigenvalue weighted by atomic mass is 9.92. The zero-order valence-electron chi connectivity index (χ0n) is 14.5. The van der Waals surface area contributed by atoms with E-state index in [4.69, 9.17) is 0 Å². The van der Waals surface area contributed by atoms with Gasteiger partial charge in [0.2, 0.25) is 0 Å². The lowest BCUT2D eigenvalue weighted by molar-refractivity contribution is 0.0694. The molecular weight excluding hydrogens is 357 g/mol. The minimum atomic E-state index is -1.20. The second-order valence-electron chi connectivity index (χ2n) is 6.72. The topological polar surface area (TPSA) is 73.3 Å². The first-order valence-corrected chi connectivity index (χ1v) is 8.73. The SMILES string of the molecule is O=C(O)c1cc2ccc3c4cc(F)ccc4[nH]c3c2c(-c2ccccc2)c1O. The lowest BCUT2D eigenvalue weighted by Crippen LogP contribution is -1.99. The second-order valence-corrected chi connectivity index (χ2v) is 6.72. The molecule has 0 fully saturated rings. The standard InChI is InChI=1S/C23H14FNO3/c24-14-7-9-18-16(11-14)15-8-6-13-10-17(23(27)28)22(26)20(19(13)21(15)25-18)12-4-2-1-3-5-12/h1-11,25-26H,(H,27,28). The summed E-state index contributed by atoms with van der Waals surface area (Å²) in [6.07, 6.45) is 0. The van der Waals surface area contributed by atoms with Crippen LogP contribution in [-0.4, -0.2) is 21.2 Å². The minimum absolute atomic E-state index is 0.159. The molecule has 1 aromatic heterocycles. The second kappa shape index (κ2) is 5.82. The number of aromatic carboxylic acids is 1. The van der Waals surface area contributed by atoms with Gasteiger partial charge in [-0.1, -0.05) is 42.5 Å². The molecule has 5 heteroatoms. The van der Waals surface area contributed by atoms with E-state index in [1.807, 2.05) is 36.4 Å². The maximum absolute atomic E-state index is 13.8. The summed E-state index contributed by atoms with van der Waals surface area (Å²) in [6, 6.07) is 18.8. The first-order valence-electron chi connectivity index (χ1n) is 8.73. The molecule has 28 heavy (non-hydrogen) atoms. The van der Waals surface area contributed by atoms with Gasteiger partial charge in [0.15, 0.2) is 0 Å². The molecule has 0 radical (unpaired) electrons. The van der Waals surface area contributed by atoms with Crippen LogP contribution in [0.15, 0.2) is 66.7 Å². The number of rotatable bonds is 2. The molecule has 5 aromatic rings. The summed E-state index contributed by atoms with van der Waals surface area (Å²) < 4.78 is 13.8. The number of aromatic hydroxyl groups is 1. The van der Waals surface area contributed by atoms with Crippen molar-refractivity contribution in [3.8, 4) is 16.9 Å². The van der Waals surface area contributed by atoms with Crippen molar-refractivity contribution in [2.75, 3.05) is 0 Å². The highest BCUT2D eigenvalue weighted by Crippen LogP contribution is 2.43. The smallest absolute Gasteiger partial charge is 0.339 e. The van der Waals surface area contributed by atoms with Crippen molar-refractivity contribution in [3.63, 3.8) is 0 Å². The van der Waals surface area contributed by atoms with Gasteiger partial charge in [0.25, 0.3) is 0 Å². The summed E-state index contributed by atoms with van der Waals surface area (Å²) in [5.74, 6) is -1.82. The van der Waals surface area contributed by atoms with Gasteiger partial charge in [0.05, 0.1) is 5.52 Å². The van der Waals surface area contributed by atoms with Crippen molar-refractivity contribution in [1.82, 2.24) is 4.98 Å². The largest absolute Gasteiger partial charge is 0.506 e. The van der Waals surface area contributed by atoms with Crippen molar-refractivity contribution in [2.24, 2.45) is 0 Å². The maximum Gasteiger partial charge on any atom is 0.339 e. The van der Waals surface area contributed by atoms with Crippen LogP contribution >= 0.6 is 0 Å². The Labute approximate surface area is 158 Å². The third-order valence-corrected chi connectivity index (χ3v) is 5.10. The first-order chi connectivity index (χ1) is 13.5. The number of hydrogen-bond acceptors (Lipinski definition) is 2. The number of H-pyrrole nitrogens is 1. The zero-order chi connectivity index (χ0) is 19.4. The number of fused-ring (bicyclic) bond motifs is 5. The fourth-order valence-corrected chi connectivity index (χ4v) is 3.87. The summed E-state index contributed by atoms with van der Waals surface area (Å²) in [7, 11) is 0. The number of halogens is 1. The van der Waals surface area contributed by atoms with Gasteiger partial charge in [-0.25, -0.2) is 9.18 Å². The number of benzene rings is 4. The summed E-state index contributed by atoms with van der Waals surface area (Å²) in [5, 5.41) is 23.3. The van der Waals surface area contributed by atoms with E-state index in [-0.39, 0.29) is 17.1 Å². The van der Waals surface area contributed by atoms with Crippen LogP contribution < -0.4 is 0 Å². The van der Waals surface area contributed by atoms with E-state index in [1.54, 1.807) is 12.1 Å². The number of hydrogen-bond donors (Lipinski definition) is 3. The molecule has 0 aliphatic heterocycles. The van der Waals surface area contributed by atoms with Crippen LogP contribution in [-0.2, 0) is 0 Å². The molecule has 0 aliphatic rings. The molecule has 5 rings (SSSR count). The Morgan fingerprint density at radius 2 is 1.71 bits per heavy atom. The Morgan fingerprint density at radius 3 is 2.46 bits per heavy atom. The van der Waals surface area contributed by atoms with E-state index in [0.29, 0.717) is 21.9 Å². The fraction of sp³-hybridized carbons (Fsp3) is 0. The van der Waals surface area contributed by atoms with E-state index in [2.05, 4.69) is 4.98 Å². The summed E-state index contributed by atoms with van der Waals surface area (Å²) in [5.41, 5.74) is 2.47. The van der Waals surface area contributed by atoms with Crippen LogP contribution in [0.3, 0.4) is 0 Å². The van der Waals surface area contributed by atoms with Crippen molar-refractivity contribution in [2.45, 2.75) is 0 Å². The maximum atomic E-state index is 13.8. The molecular formula is C23H14FNO3. The van der Waals surface area contributed by atoms with E-state index >= 15 is 0 Å². The molecule has 0 spiro atoms. The average molecular weight is 371 g/mol. The summed E-state index contributed by atoms with van der Waals surface area (Å²) in [6.45, 7) is 0. The Balaban J connectivity index is 2.03. The highest BCUT2D eigenvalue weighted by atomic mass is 19.1. The Kier molecular flexibility index (Phi) is 3.39. The third-order valence-electron chi connectivity index (χ3n) is 5.10. The predicted molar refractivity (Wildman–Crippen MR) is 107 cm³/mol. The van der Waals surface area contributed by atoms with E-state index in [9.17, 15) is 19.4 Å². The fourth-order valence-electron chi connectivity index (χ4n) is 3.87. The molecule has 1 heterocycles. The molecule has 0 amide bonds. The number of carboxylic acids is 1. The predicted octanol–water partition coefficient (Wildman–Crippen LogP) is 5.68. The number of aromatic nitrogens is 1. The van der Waals surface area contributed by atoms with Crippen LogP contribution in [0.5, 0.6) is 5.75 Å². The Bertz CT molecular complexity index is 1400.